The van der Waals surface area contributed by atoms with Crippen LogP contribution in [0, 0.1) is 0 Å². The van der Waals surface area contributed by atoms with Gasteiger partial charge in [0.25, 0.3) is 0 Å². The smallest absolute Gasteiger partial charge is 0.335 e. The molecule has 0 saturated carbocycles. The van der Waals surface area contributed by atoms with Crippen LogP contribution in [0.4, 0.5) is 5.69 Å². The fourth-order valence-electron chi connectivity index (χ4n) is 2.95. The molecule has 0 amide bonds. The quantitative estimate of drug-likeness (QED) is 0.527. The highest BCUT2D eigenvalue weighted by molar-refractivity contribution is 7.89. The van der Waals surface area contributed by atoms with Gasteiger partial charge in [-0.15, -0.1) is 0 Å². The van der Waals surface area contributed by atoms with Gasteiger partial charge >= 0.3 is 5.97 Å². The van der Waals surface area contributed by atoms with Gasteiger partial charge in [0.05, 0.1) is 17.9 Å². The monoisotopic (exact) mass is 450 g/mol. The molecule has 0 atom stereocenters. The van der Waals surface area contributed by atoms with Crippen molar-refractivity contribution in [2.45, 2.75) is 24.7 Å². The van der Waals surface area contributed by atoms with Gasteiger partial charge < -0.3 is 19.5 Å². The molecule has 0 aliphatic heterocycles. The van der Waals surface area contributed by atoms with Crippen LogP contribution in [0.25, 0.3) is 0 Å². The number of carboxylic acids is 1. The number of para-hydroxylation sites is 1. The number of methoxy groups -OCH3 is 1. The zero-order chi connectivity index (χ0) is 23.0. The minimum absolute atomic E-state index is 0.0945. The summed E-state index contributed by atoms with van der Waals surface area (Å²) in [5.41, 5.74) is 0.268. The van der Waals surface area contributed by atoms with Crippen LogP contribution < -0.4 is 9.64 Å². The molecule has 31 heavy (non-hydrogen) atoms. The number of nitrogens with zero attached hydrogens (tertiary/aromatic N) is 2. The molecule has 0 spiro atoms. The van der Waals surface area contributed by atoms with E-state index in [1.54, 1.807) is 31.4 Å². The number of benzene rings is 2. The number of anilines is 1. The Hall–Kier alpha value is -2.62. The van der Waals surface area contributed by atoms with Crippen LogP contribution in [0.5, 0.6) is 11.5 Å². The topological polar surface area (TPSA) is 96.4 Å². The molecule has 1 N–H and O–H groups in total. The lowest BCUT2D eigenvalue weighted by Crippen LogP contribution is -2.30. The minimum Gasteiger partial charge on any atom is -0.478 e. The summed E-state index contributed by atoms with van der Waals surface area (Å²) in [7, 11) is 0.379. The third kappa shape index (κ3) is 6.19. The average Bonchev–Trinajstić information content (AvgIpc) is 2.74. The largest absolute Gasteiger partial charge is 0.478 e. The van der Waals surface area contributed by atoms with Crippen LogP contribution in [0.3, 0.4) is 0 Å². The van der Waals surface area contributed by atoms with Crippen LogP contribution in [0.2, 0.25) is 0 Å². The summed E-state index contributed by atoms with van der Waals surface area (Å²) in [6.07, 6.45) is 1.75. The number of rotatable bonds is 12. The fourth-order valence-corrected chi connectivity index (χ4v) is 4.00. The van der Waals surface area contributed by atoms with Gasteiger partial charge in [0, 0.05) is 34.3 Å². The number of carbonyl (C=O) groups is 1. The van der Waals surface area contributed by atoms with Gasteiger partial charge in [-0.25, -0.2) is 17.5 Å². The number of hydrogen-bond donors (Lipinski definition) is 1. The van der Waals surface area contributed by atoms with Crippen LogP contribution in [0.1, 0.15) is 30.1 Å². The van der Waals surface area contributed by atoms with E-state index in [4.69, 9.17) is 9.47 Å². The molecule has 0 aliphatic carbocycles. The maximum Gasteiger partial charge on any atom is 0.335 e. The van der Waals surface area contributed by atoms with E-state index in [-0.39, 0.29) is 16.2 Å². The molecule has 0 fully saturated rings. The first-order valence-electron chi connectivity index (χ1n) is 10.0. The highest BCUT2D eigenvalue weighted by atomic mass is 32.2. The normalized spacial score (nSPS) is 11.5. The second-order valence-electron chi connectivity index (χ2n) is 7.16. The molecule has 2 aromatic carbocycles. The predicted octanol–water partition coefficient (Wildman–Crippen LogP) is 3.68. The Kier molecular flexibility index (Phi) is 8.85. The summed E-state index contributed by atoms with van der Waals surface area (Å²) >= 11 is 0. The lowest BCUT2D eigenvalue weighted by Gasteiger charge is -2.28. The maximum absolute atomic E-state index is 13.1. The zero-order valence-corrected chi connectivity index (χ0v) is 19.2. The molecule has 9 heteroatoms. The molecule has 8 nitrogen and oxygen atoms in total. The summed E-state index contributed by atoms with van der Waals surface area (Å²) in [6, 6.07) is 11.4. The summed E-state index contributed by atoms with van der Waals surface area (Å²) in [4.78, 5) is 13.5. The lowest BCUT2D eigenvalue weighted by molar-refractivity contribution is 0.0696. The van der Waals surface area contributed by atoms with E-state index in [9.17, 15) is 18.3 Å². The molecule has 170 valence electrons. The van der Waals surface area contributed by atoms with Crippen LogP contribution in [-0.4, -0.2) is 64.7 Å². The van der Waals surface area contributed by atoms with Crippen molar-refractivity contribution in [1.82, 2.24) is 4.31 Å². The van der Waals surface area contributed by atoms with Gasteiger partial charge in [0.2, 0.25) is 10.0 Å². The van der Waals surface area contributed by atoms with E-state index in [1.165, 1.54) is 20.2 Å². The van der Waals surface area contributed by atoms with E-state index >= 15 is 0 Å². The molecule has 0 radical (unpaired) electrons. The number of hydrogen-bond acceptors (Lipinski definition) is 6. The fraction of sp³-hybridized carbons (Fsp3) is 0.409. The number of unbranched alkanes of at least 4 members (excludes halogenated alkanes) is 1. The third-order valence-corrected chi connectivity index (χ3v) is 6.51. The third-order valence-electron chi connectivity index (χ3n) is 4.69. The summed E-state index contributed by atoms with van der Waals surface area (Å²) in [6.45, 7) is 3.48. The van der Waals surface area contributed by atoms with Crippen molar-refractivity contribution >= 4 is 21.7 Å². The maximum atomic E-state index is 13.1. The zero-order valence-electron chi connectivity index (χ0n) is 18.4. The van der Waals surface area contributed by atoms with Gasteiger partial charge in [-0.1, -0.05) is 31.5 Å². The van der Waals surface area contributed by atoms with Crippen molar-refractivity contribution < 1.29 is 27.8 Å². The molecule has 0 unspecified atom stereocenters. The molecule has 0 heterocycles. The standard InChI is InChI=1S/C22H30N2O6S/c1-5-6-12-24(13-14-29-4)19-15-17(22(25)26)16-20(31(27,28)23(2)3)21(19)30-18-10-8-7-9-11-18/h7-11,15-16H,5-6,12-14H2,1-4H3,(H,25,26). The van der Waals surface area contributed by atoms with Gasteiger partial charge in [0.15, 0.2) is 5.75 Å². The van der Waals surface area contributed by atoms with E-state index < -0.39 is 16.0 Å². The van der Waals surface area contributed by atoms with Crippen LogP contribution in [-0.2, 0) is 14.8 Å². The molecule has 0 bridgehead atoms. The van der Waals surface area contributed by atoms with E-state index in [0.29, 0.717) is 31.1 Å². The predicted molar refractivity (Wildman–Crippen MR) is 120 cm³/mol. The highest BCUT2D eigenvalue weighted by Crippen LogP contribution is 2.40. The molecular weight excluding hydrogens is 420 g/mol. The second kappa shape index (κ2) is 11.1. The first-order chi connectivity index (χ1) is 14.7. The molecule has 2 aromatic rings. The minimum atomic E-state index is -3.99. The Morgan fingerprint density at radius 1 is 1.10 bits per heavy atom. The van der Waals surface area contributed by atoms with Crippen molar-refractivity contribution in [2.24, 2.45) is 0 Å². The van der Waals surface area contributed by atoms with Crippen molar-refractivity contribution in [3.8, 4) is 11.5 Å². The molecule has 0 saturated heterocycles. The highest BCUT2D eigenvalue weighted by Gasteiger charge is 2.29. The average molecular weight is 451 g/mol. The van der Waals surface area contributed by atoms with Gasteiger partial charge in [-0.05, 0) is 30.7 Å². The van der Waals surface area contributed by atoms with E-state index in [1.807, 2.05) is 17.9 Å². The van der Waals surface area contributed by atoms with Gasteiger partial charge in [0.1, 0.15) is 10.6 Å². The molecule has 0 aromatic heterocycles. The Morgan fingerprint density at radius 2 is 1.77 bits per heavy atom. The van der Waals surface area contributed by atoms with Crippen molar-refractivity contribution in [3.63, 3.8) is 0 Å². The van der Waals surface area contributed by atoms with Gasteiger partial charge in [-0.3, -0.25) is 0 Å². The second-order valence-corrected chi connectivity index (χ2v) is 9.28. The van der Waals surface area contributed by atoms with Crippen LogP contribution in [0.15, 0.2) is 47.4 Å². The van der Waals surface area contributed by atoms with E-state index in [0.717, 1.165) is 23.2 Å². The van der Waals surface area contributed by atoms with Crippen molar-refractivity contribution in [2.75, 3.05) is 45.8 Å². The molecule has 0 aliphatic rings. The summed E-state index contributed by atoms with van der Waals surface area (Å²) in [5, 5.41) is 9.66. The van der Waals surface area contributed by atoms with Gasteiger partial charge in [-0.2, -0.15) is 0 Å². The molecule has 2 rings (SSSR count). The summed E-state index contributed by atoms with van der Waals surface area (Å²) < 4.78 is 38.6. The number of carboxylic acid groups (broad SMARTS) is 1. The Labute approximate surface area is 184 Å². The Balaban J connectivity index is 2.79. The number of sulfonamides is 1. The SMILES string of the molecule is CCCCN(CCOC)c1cc(C(=O)O)cc(S(=O)(=O)N(C)C)c1Oc1ccccc1. The number of ether oxygens (including phenoxy) is 2. The lowest BCUT2D eigenvalue weighted by atomic mass is 10.1. The number of aromatic carboxylic acids is 1. The van der Waals surface area contributed by atoms with Crippen molar-refractivity contribution in [1.29, 1.82) is 0 Å². The summed E-state index contributed by atoms with van der Waals surface area (Å²) in [5.74, 6) is -0.675. The Bertz CT molecular complexity index is 969. The van der Waals surface area contributed by atoms with E-state index in [2.05, 4.69) is 0 Å². The van der Waals surface area contributed by atoms with Crippen molar-refractivity contribution in [3.05, 3.63) is 48.0 Å². The first kappa shape index (κ1) is 24.6. The Morgan fingerprint density at radius 3 is 2.32 bits per heavy atom. The van der Waals surface area contributed by atoms with Crippen LogP contribution >= 0.6 is 0 Å². The first-order valence-corrected chi connectivity index (χ1v) is 11.5. The molecular formula is C22H30N2O6S.